The molecule has 1 aromatic rings. The Labute approximate surface area is 123 Å². The van der Waals surface area contributed by atoms with Gasteiger partial charge in [0.05, 0.1) is 11.3 Å². The van der Waals surface area contributed by atoms with Crippen molar-refractivity contribution in [1.29, 1.82) is 0 Å². The molecule has 0 spiro atoms. The van der Waals surface area contributed by atoms with Crippen LogP contribution in [-0.4, -0.2) is 35.0 Å². The van der Waals surface area contributed by atoms with Gasteiger partial charge < -0.3 is 10.0 Å². The Balaban J connectivity index is 2.18. The van der Waals surface area contributed by atoms with Crippen LogP contribution in [-0.2, 0) is 15.0 Å². The first kappa shape index (κ1) is 15.0. The molecule has 0 saturated carbocycles. The lowest BCUT2D eigenvalue weighted by Gasteiger charge is -2.38. The average molecular weight is 295 g/mol. The zero-order chi connectivity index (χ0) is 14.9. The second kappa shape index (κ2) is 5.56. The molecule has 1 aliphatic heterocycles. The molecule has 1 fully saturated rings. The predicted octanol–water partition coefficient (Wildman–Crippen LogP) is 2.59. The topological polar surface area (TPSA) is 57.6 Å². The molecule has 2 atom stereocenters. The lowest BCUT2D eigenvalue weighted by atomic mass is 9.85. The largest absolute Gasteiger partial charge is 0.481 e. The first-order chi connectivity index (χ1) is 9.32. The number of carboxylic acid groups (broad SMARTS) is 1. The van der Waals surface area contributed by atoms with Crippen molar-refractivity contribution in [1.82, 2.24) is 4.90 Å². The summed E-state index contributed by atoms with van der Waals surface area (Å²) < 4.78 is 0. The van der Waals surface area contributed by atoms with Gasteiger partial charge in [0.25, 0.3) is 0 Å². The lowest BCUT2D eigenvalue weighted by Crippen LogP contribution is -2.51. The molecule has 1 aromatic heterocycles. The number of nitrogens with zero attached hydrogens (tertiary/aromatic N) is 1. The fourth-order valence-corrected chi connectivity index (χ4v) is 3.67. The SMILES string of the molecule is CC1CC(C(=O)O)CN(C(=O)C(C)(C)c2cccs2)C1. The zero-order valence-electron chi connectivity index (χ0n) is 12.1. The van der Waals surface area contributed by atoms with Crippen molar-refractivity contribution >= 4 is 23.2 Å². The van der Waals surface area contributed by atoms with Gasteiger partial charge in [-0.3, -0.25) is 9.59 Å². The van der Waals surface area contributed by atoms with Crippen molar-refractivity contribution in [3.63, 3.8) is 0 Å². The van der Waals surface area contributed by atoms with E-state index in [0.717, 1.165) is 4.88 Å². The predicted molar refractivity (Wildman–Crippen MR) is 78.8 cm³/mol. The monoisotopic (exact) mass is 295 g/mol. The molecule has 1 N–H and O–H groups in total. The molecule has 1 amide bonds. The summed E-state index contributed by atoms with van der Waals surface area (Å²) in [6, 6.07) is 3.90. The maximum atomic E-state index is 12.8. The van der Waals surface area contributed by atoms with E-state index in [9.17, 15) is 14.7 Å². The highest BCUT2D eigenvalue weighted by molar-refractivity contribution is 7.10. The Morgan fingerprint density at radius 2 is 2.10 bits per heavy atom. The maximum Gasteiger partial charge on any atom is 0.308 e. The third kappa shape index (κ3) is 2.87. The fourth-order valence-electron chi connectivity index (χ4n) is 2.83. The van der Waals surface area contributed by atoms with Crippen molar-refractivity contribution in [2.45, 2.75) is 32.6 Å². The summed E-state index contributed by atoms with van der Waals surface area (Å²) in [7, 11) is 0. The lowest BCUT2D eigenvalue weighted by molar-refractivity contribution is -0.148. The number of hydrogen-bond donors (Lipinski definition) is 1. The van der Waals surface area contributed by atoms with Crippen LogP contribution in [0.1, 0.15) is 32.1 Å². The van der Waals surface area contributed by atoms with Gasteiger partial charge in [0.2, 0.25) is 5.91 Å². The van der Waals surface area contributed by atoms with E-state index in [1.165, 1.54) is 0 Å². The minimum atomic E-state index is -0.803. The molecule has 5 heteroatoms. The van der Waals surface area contributed by atoms with Crippen LogP contribution in [0.25, 0.3) is 0 Å². The number of carbonyl (C=O) groups excluding carboxylic acids is 1. The van der Waals surface area contributed by atoms with Crippen LogP contribution in [0.5, 0.6) is 0 Å². The number of piperidine rings is 1. The molecule has 0 aromatic carbocycles. The summed E-state index contributed by atoms with van der Waals surface area (Å²) in [6.07, 6.45) is 0.651. The second-order valence-electron chi connectivity index (χ2n) is 6.19. The number of thiophene rings is 1. The van der Waals surface area contributed by atoms with Gasteiger partial charge in [0.1, 0.15) is 0 Å². The minimum Gasteiger partial charge on any atom is -0.481 e. The smallest absolute Gasteiger partial charge is 0.308 e. The number of hydrogen-bond acceptors (Lipinski definition) is 3. The van der Waals surface area contributed by atoms with Crippen LogP contribution >= 0.6 is 11.3 Å². The summed E-state index contributed by atoms with van der Waals surface area (Å²) in [5, 5.41) is 11.2. The van der Waals surface area contributed by atoms with Gasteiger partial charge in [0.15, 0.2) is 0 Å². The van der Waals surface area contributed by atoms with E-state index < -0.39 is 17.3 Å². The van der Waals surface area contributed by atoms with Crippen molar-refractivity contribution < 1.29 is 14.7 Å². The van der Waals surface area contributed by atoms with Crippen LogP contribution in [0.2, 0.25) is 0 Å². The Bertz CT molecular complexity index is 495. The number of rotatable bonds is 3. The average Bonchev–Trinajstić information content (AvgIpc) is 2.91. The van der Waals surface area contributed by atoms with E-state index in [2.05, 4.69) is 0 Å². The third-order valence-corrected chi connectivity index (χ3v) is 5.16. The highest BCUT2D eigenvalue weighted by Crippen LogP contribution is 2.32. The third-order valence-electron chi connectivity index (χ3n) is 3.97. The maximum absolute atomic E-state index is 12.8. The summed E-state index contributed by atoms with van der Waals surface area (Å²) in [5.41, 5.74) is -0.589. The Morgan fingerprint density at radius 1 is 1.40 bits per heavy atom. The molecule has 0 radical (unpaired) electrons. The second-order valence-corrected chi connectivity index (χ2v) is 7.14. The molecule has 20 heavy (non-hydrogen) atoms. The summed E-state index contributed by atoms with van der Waals surface area (Å²) in [4.78, 5) is 26.7. The standard InChI is InChI=1S/C15H21NO3S/c1-10-7-11(13(17)18)9-16(8-10)14(19)15(2,3)12-5-4-6-20-12/h4-6,10-11H,7-9H2,1-3H3,(H,17,18). The van der Waals surface area contributed by atoms with Gasteiger partial charge in [-0.1, -0.05) is 13.0 Å². The van der Waals surface area contributed by atoms with Gasteiger partial charge >= 0.3 is 5.97 Å². The quantitative estimate of drug-likeness (QED) is 0.932. The van der Waals surface area contributed by atoms with Gasteiger partial charge in [-0.05, 0) is 37.6 Å². The van der Waals surface area contributed by atoms with Gasteiger partial charge in [-0.15, -0.1) is 11.3 Å². The molecule has 4 nitrogen and oxygen atoms in total. The summed E-state index contributed by atoms with van der Waals surface area (Å²) >= 11 is 1.57. The van der Waals surface area contributed by atoms with Crippen molar-refractivity contribution in [3.8, 4) is 0 Å². The summed E-state index contributed by atoms with van der Waals surface area (Å²) in [5.74, 6) is -0.990. The molecule has 2 unspecified atom stereocenters. The molecule has 0 bridgehead atoms. The number of carboxylic acids is 1. The minimum absolute atomic E-state index is 0.0257. The molecule has 2 heterocycles. The van der Waals surface area contributed by atoms with E-state index >= 15 is 0 Å². The highest BCUT2D eigenvalue weighted by atomic mass is 32.1. The van der Waals surface area contributed by atoms with Gasteiger partial charge in [-0.2, -0.15) is 0 Å². The highest BCUT2D eigenvalue weighted by Gasteiger charge is 2.39. The zero-order valence-corrected chi connectivity index (χ0v) is 12.9. The van der Waals surface area contributed by atoms with Crippen LogP contribution in [0.3, 0.4) is 0 Å². The van der Waals surface area contributed by atoms with Crippen LogP contribution in [0.4, 0.5) is 0 Å². The Hall–Kier alpha value is -1.36. The molecule has 0 aliphatic carbocycles. The molecular formula is C15H21NO3S. The molecule has 110 valence electrons. The van der Waals surface area contributed by atoms with E-state index in [0.29, 0.717) is 19.5 Å². The van der Waals surface area contributed by atoms with Gasteiger partial charge in [-0.25, -0.2) is 0 Å². The van der Waals surface area contributed by atoms with Crippen molar-refractivity contribution in [3.05, 3.63) is 22.4 Å². The first-order valence-corrected chi connectivity index (χ1v) is 7.76. The Kier molecular flexibility index (Phi) is 4.18. The van der Waals surface area contributed by atoms with Gasteiger partial charge in [0, 0.05) is 18.0 Å². The summed E-state index contributed by atoms with van der Waals surface area (Å²) in [6.45, 7) is 6.81. The molecule has 1 saturated heterocycles. The molecule has 1 aliphatic rings. The van der Waals surface area contributed by atoms with Crippen molar-refractivity contribution in [2.75, 3.05) is 13.1 Å². The van der Waals surface area contributed by atoms with Crippen molar-refractivity contribution in [2.24, 2.45) is 11.8 Å². The van der Waals surface area contributed by atoms with E-state index in [1.807, 2.05) is 38.3 Å². The molecular weight excluding hydrogens is 274 g/mol. The first-order valence-electron chi connectivity index (χ1n) is 6.88. The number of likely N-dealkylation sites (tertiary alicyclic amines) is 1. The van der Waals surface area contributed by atoms with Crippen LogP contribution < -0.4 is 0 Å². The van der Waals surface area contributed by atoms with E-state index in [1.54, 1.807) is 16.2 Å². The normalized spacial score (nSPS) is 23.6. The van der Waals surface area contributed by atoms with Crippen LogP contribution in [0.15, 0.2) is 17.5 Å². The molecule has 2 rings (SSSR count). The van der Waals surface area contributed by atoms with E-state index in [4.69, 9.17) is 0 Å². The fraction of sp³-hybridized carbons (Fsp3) is 0.600. The van der Waals surface area contributed by atoms with Crippen LogP contribution in [0, 0.1) is 11.8 Å². The van der Waals surface area contributed by atoms with E-state index in [-0.39, 0.29) is 11.8 Å². The number of amides is 1. The number of aliphatic carboxylic acids is 1. The number of carbonyl (C=O) groups is 2. The Morgan fingerprint density at radius 3 is 2.65 bits per heavy atom.